The zero-order chi connectivity index (χ0) is 19.5. The van der Waals surface area contributed by atoms with Crippen molar-refractivity contribution in [2.45, 2.75) is 19.6 Å². The Morgan fingerprint density at radius 3 is 0.625 bits per heavy atom. The van der Waals surface area contributed by atoms with Gasteiger partial charge in [-0.2, -0.15) is 33.7 Å². The molecule has 18 heteroatoms. The summed E-state index contributed by atoms with van der Waals surface area (Å²) in [4.78, 5) is -9.44. The van der Waals surface area contributed by atoms with Gasteiger partial charge in [-0.05, 0) is 0 Å². The van der Waals surface area contributed by atoms with E-state index in [-0.39, 0.29) is 0 Å². The predicted molar refractivity (Wildman–Crippen MR) is 69.0 cm³/mol. The molecule has 0 radical (unpaired) electrons. The fourth-order valence-electron chi connectivity index (χ4n) is 1.59. The fraction of sp³-hybridized carbons (Fsp3) is 0. The van der Waals surface area contributed by atoms with Crippen molar-refractivity contribution in [2.75, 3.05) is 0 Å². The molecule has 0 spiro atoms. The summed E-state index contributed by atoms with van der Waals surface area (Å²) in [6.07, 6.45) is 0. The largest absolute Gasteiger partial charge is 0.505 e. The molecule has 138 valence electrons. The van der Waals surface area contributed by atoms with Crippen LogP contribution in [-0.4, -0.2) is 62.1 Å². The first-order valence-corrected chi connectivity index (χ1v) is 10.6. The number of hydrogen-bond acceptors (Lipinski definition) is 10. The van der Waals surface area contributed by atoms with Crippen molar-refractivity contribution in [1.29, 1.82) is 0 Å². The molecule has 0 saturated carbocycles. The Hall–Kier alpha value is -1.54. The first-order chi connectivity index (χ1) is 10.3. The van der Waals surface area contributed by atoms with Gasteiger partial charge in [0.05, 0.1) is 0 Å². The maximum atomic E-state index is 11.1. The molecule has 0 bridgehead atoms. The van der Waals surface area contributed by atoms with Crippen LogP contribution in [0.1, 0.15) is 0 Å². The Balaban J connectivity index is 4.65. The maximum Gasteiger partial charge on any atom is 0.299 e. The minimum absolute atomic E-state index is 2.36. The lowest BCUT2D eigenvalue weighted by Gasteiger charge is -2.15. The predicted octanol–water partition coefficient (Wildman–Crippen LogP) is -1.92. The van der Waals surface area contributed by atoms with Gasteiger partial charge in [-0.3, -0.25) is 18.2 Å². The second-order valence-corrected chi connectivity index (χ2v) is 9.35. The average molecular weight is 430 g/mol. The number of aromatic hydroxyl groups is 2. The molecule has 1 aromatic carbocycles. The SMILES string of the molecule is O=S(=O)(O)c1c(O)c(S(=O)(=O)O)c(S(=O)(=O)O)c(O)c1S(=O)(=O)O. The van der Waals surface area contributed by atoms with Crippen LogP contribution in [0.3, 0.4) is 0 Å². The van der Waals surface area contributed by atoms with Crippen molar-refractivity contribution in [3.8, 4) is 11.5 Å². The fourth-order valence-corrected chi connectivity index (χ4v) is 5.70. The second-order valence-electron chi connectivity index (χ2n) is 3.91. The molecule has 0 aliphatic carbocycles. The van der Waals surface area contributed by atoms with Gasteiger partial charge < -0.3 is 10.2 Å². The molecular weight excluding hydrogens is 424 g/mol. The van der Waals surface area contributed by atoms with Crippen molar-refractivity contribution >= 4 is 40.5 Å². The first kappa shape index (κ1) is 20.5. The van der Waals surface area contributed by atoms with Crippen LogP contribution in [0.15, 0.2) is 19.6 Å². The van der Waals surface area contributed by atoms with Crippen molar-refractivity contribution in [1.82, 2.24) is 0 Å². The van der Waals surface area contributed by atoms with Gasteiger partial charge in [0, 0.05) is 0 Å². The molecule has 6 N–H and O–H groups in total. The van der Waals surface area contributed by atoms with E-state index < -0.39 is 71.6 Å². The minimum atomic E-state index is -5.92. The summed E-state index contributed by atoms with van der Waals surface area (Å²) >= 11 is 0. The molecule has 24 heavy (non-hydrogen) atoms. The third-order valence-corrected chi connectivity index (χ3v) is 6.22. The lowest BCUT2D eigenvalue weighted by atomic mass is 10.3. The Labute approximate surface area is 134 Å². The Morgan fingerprint density at radius 2 is 0.542 bits per heavy atom. The molecule has 0 saturated heterocycles. The smallest absolute Gasteiger partial charge is 0.299 e. The summed E-state index contributed by atoms with van der Waals surface area (Å²) in [6.45, 7) is 0. The van der Waals surface area contributed by atoms with E-state index in [0.29, 0.717) is 0 Å². The monoisotopic (exact) mass is 430 g/mol. The number of phenols is 2. The van der Waals surface area contributed by atoms with E-state index >= 15 is 0 Å². The van der Waals surface area contributed by atoms with Crippen LogP contribution in [0.5, 0.6) is 11.5 Å². The summed E-state index contributed by atoms with van der Waals surface area (Å²) < 4.78 is 125. The summed E-state index contributed by atoms with van der Waals surface area (Å²) in [5.41, 5.74) is 0. The van der Waals surface area contributed by atoms with E-state index in [2.05, 4.69) is 0 Å². The second kappa shape index (κ2) is 5.49. The van der Waals surface area contributed by atoms with Crippen molar-refractivity contribution in [3.63, 3.8) is 0 Å². The highest BCUT2D eigenvalue weighted by atomic mass is 32.2. The standard InChI is InChI=1S/C6H6O14S4/c7-1-3(21(9,10)11)5(23(15,16)17)2(8)6(24(18,19)20)4(1)22(12,13)14/h7-8H,(H,9,10,11)(H,12,13,14)(H,15,16,17)(H,18,19,20). The number of rotatable bonds is 4. The topological polar surface area (TPSA) is 258 Å². The molecule has 0 unspecified atom stereocenters. The first-order valence-electron chi connectivity index (χ1n) is 4.83. The van der Waals surface area contributed by atoms with Gasteiger partial charge in [-0.25, -0.2) is 0 Å². The average Bonchev–Trinajstić information content (AvgIpc) is 2.24. The van der Waals surface area contributed by atoms with E-state index in [0.717, 1.165) is 0 Å². The highest BCUT2D eigenvalue weighted by Crippen LogP contribution is 2.46. The summed E-state index contributed by atoms with van der Waals surface area (Å²) in [5, 5.41) is 19.1. The van der Waals surface area contributed by atoms with Gasteiger partial charge in [0.25, 0.3) is 40.5 Å². The van der Waals surface area contributed by atoms with Gasteiger partial charge in [0.1, 0.15) is 0 Å². The molecule has 0 amide bonds. The lowest BCUT2D eigenvalue weighted by Crippen LogP contribution is -2.16. The van der Waals surface area contributed by atoms with Gasteiger partial charge in [0.15, 0.2) is 31.1 Å². The molecule has 0 fully saturated rings. The molecule has 0 atom stereocenters. The summed E-state index contributed by atoms with van der Waals surface area (Å²) in [7, 11) is -23.7. The van der Waals surface area contributed by atoms with Crippen LogP contribution in [0.4, 0.5) is 0 Å². The summed E-state index contributed by atoms with van der Waals surface area (Å²) in [5.74, 6) is -4.81. The Morgan fingerprint density at radius 1 is 0.417 bits per heavy atom. The van der Waals surface area contributed by atoms with Crippen LogP contribution in [0, 0.1) is 0 Å². The van der Waals surface area contributed by atoms with Gasteiger partial charge in [-0.15, -0.1) is 0 Å². The Kier molecular flexibility index (Phi) is 4.69. The van der Waals surface area contributed by atoms with Gasteiger partial charge in [0.2, 0.25) is 0 Å². The van der Waals surface area contributed by atoms with E-state index in [1.165, 1.54) is 0 Å². The van der Waals surface area contributed by atoms with Crippen molar-refractivity contribution < 1.29 is 62.1 Å². The zero-order valence-electron chi connectivity index (χ0n) is 10.6. The van der Waals surface area contributed by atoms with Crippen LogP contribution in [-0.2, 0) is 40.5 Å². The van der Waals surface area contributed by atoms with E-state index in [4.69, 9.17) is 18.2 Å². The molecule has 0 aliphatic heterocycles. The van der Waals surface area contributed by atoms with Gasteiger partial charge in [-0.1, -0.05) is 0 Å². The molecule has 1 aromatic rings. The molecule has 0 aromatic heterocycles. The molecular formula is C6H6O14S4. The van der Waals surface area contributed by atoms with E-state index in [9.17, 15) is 43.9 Å². The van der Waals surface area contributed by atoms with Gasteiger partial charge >= 0.3 is 0 Å². The van der Waals surface area contributed by atoms with Crippen molar-refractivity contribution in [2.24, 2.45) is 0 Å². The summed E-state index contributed by atoms with van der Waals surface area (Å²) in [6, 6.07) is 0. The van der Waals surface area contributed by atoms with Crippen LogP contribution in [0.25, 0.3) is 0 Å². The number of benzene rings is 1. The van der Waals surface area contributed by atoms with Crippen LogP contribution < -0.4 is 0 Å². The molecule has 14 nitrogen and oxygen atoms in total. The highest BCUT2D eigenvalue weighted by Gasteiger charge is 2.43. The maximum absolute atomic E-state index is 11.1. The number of phenolic OH excluding ortho intramolecular Hbond substituents is 2. The lowest BCUT2D eigenvalue weighted by molar-refractivity contribution is 0.372. The third kappa shape index (κ3) is 3.59. The van der Waals surface area contributed by atoms with Crippen LogP contribution in [0.2, 0.25) is 0 Å². The Bertz CT molecular complexity index is 952. The quantitative estimate of drug-likeness (QED) is 0.225. The molecule has 1 rings (SSSR count). The highest BCUT2D eigenvalue weighted by molar-refractivity contribution is 7.90. The third-order valence-electron chi connectivity index (χ3n) is 2.30. The normalized spacial score (nSPS) is 13.8. The molecule has 0 heterocycles. The number of hydrogen-bond donors (Lipinski definition) is 6. The minimum Gasteiger partial charge on any atom is -0.505 e. The van der Waals surface area contributed by atoms with Crippen LogP contribution >= 0.6 is 0 Å². The van der Waals surface area contributed by atoms with Crippen molar-refractivity contribution in [3.05, 3.63) is 0 Å². The molecule has 0 aliphatic rings. The van der Waals surface area contributed by atoms with E-state index in [1.54, 1.807) is 0 Å². The van der Waals surface area contributed by atoms with E-state index in [1.807, 2.05) is 0 Å². The zero-order valence-corrected chi connectivity index (χ0v) is 13.8.